The first-order valence-corrected chi connectivity index (χ1v) is 7.00. The Bertz CT molecular complexity index is 604. The summed E-state index contributed by atoms with van der Waals surface area (Å²) in [4.78, 5) is 20.3. The second-order valence-electron chi connectivity index (χ2n) is 5.10. The number of carbonyl (C=O) groups is 1. The van der Waals surface area contributed by atoms with E-state index in [2.05, 4.69) is 36.1 Å². The van der Waals surface area contributed by atoms with Crippen LogP contribution < -0.4 is 5.32 Å². The van der Waals surface area contributed by atoms with Crippen molar-refractivity contribution in [1.82, 2.24) is 9.97 Å². The van der Waals surface area contributed by atoms with Gasteiger partial charge in [0.25, 0.3) is 5.91 Å². The van der Waals surface area contributed by atoms with Gasteiger partial charge in [0.15, 0.2) is 5.13 Å². The Kier molecular flexibility index (Phi) is 3.87. The molecule has 0 bridgehead atoms. The molecule has 0 saturated heterocycles. The number of nitrogens with zero attached hydrogens (tertiary/aromatic N) is 2. The molecular formula is C13H14ClN3OS. The Morgan fingerprint density at radius 2 is 2.16 bits per heavy atom. The van der Waals surface area contributed by atoms with Gasteiger partial charge >= 0.3 is 0 Å². The maximum absolute atomic E-state index is 12.0. The molecule has 4 nitrogen and oxygen atoms in total. The zero-order valence-corrected chi connectivity index (χ0v) is 12.5. The fraction of sp³-hybridized carbons (Fsp3) is 0.308. The fourth-order valence-electron chi connectivity index (χ4n) is 1.40. The Labute approximate surface area is 120 Å². The second kappa shape index (κ2) is 5.27. The summed E-state index contributed by atoms with van der Waals surface area (Å²) in [5.41, 5.74) is 1.31. The van der Waals surface area contributed by atoms with E-state index < -0.39 is 0 Å². The van der Waals surface area contributed by atoms with Crippen molar-refractivity contribution in [3.63, 3.8) is 0 Å². The van der Waals surface area contributed by atoms with Gasteiger partial charge in [0.2, 0.25) is 0 Å². The summed E-state index contributed by atoms with van der Waals surface area (Å²) in [6.45, 7) is 6.23. The zero-order chi connectivity index (χ0) is 14.0. The number of nitrogens with one attached hydrogen (secondary N) is 1. The molecule has 2 rings (SSSR count). The molecule has 0 aromatic carbocycles. The molecular weight excluding hydrogens is 282 g/mol. The molecule has 0 atom stereocenters. The molecule has 0 aliphatic carbocycles. The van der Waals surface area contributed by atoms with Crippen LogP contribution in [0.3, 0.4) is 0 Å². The van der Waals surface area contributed by atoms with Gasteiger partial charge in [-0.2, -0.15) is 0 Å². The molecule has 0 spiro atoms. The van der Waals surface area contributed by atoms with Gasteiger partial charge in [0.1, 0.15) is 0 Å². The van der Waals surface area contributed by atoms with Crippen LogP contribution in [0.25, 0.3) is 0 Å². The molecule has 2 aromatic rings. The Morgan fingerprint density at radius 3 is 2.74 bits per heavy atom. The topological polar surface area (TPSA) is 54.9 Å². The molecule has 0 aliphatic heterocycles. The summed E-state index contributed by atoms with van der Waals surface area (Å²) < 4.78 is 0. The van der Waals surface area contributed by atoms with Gasteiger partial charge in [-0.1, -0.05) is 32.4 Å². The molecule has 2 aromatic heterocycles. The molecule has 100 valence electrons. The predicted octanol–water partition coefficient (Wildman–Crippen LogP) is 3.74. The van der Waals surface area contributed by atoms with Gasteiger partial charge in [0.05, 0.1) is 16.3 Å². The van der Waals surface area contributed by atoms with Gasteiger partial charge in [-0.15, -0.1) is 11.3 Å². The highest BCUT2D eigenvalue weighted by atomic mass is 35.5. The fourth-order valence-corrected chi connectivity index (χ4v) is 2.54. The van der Waals surface area contributed by atoms with Crippen LogP contribution in [0.4, 0.5) is 5.13 Å². The zero-order valence-electron chi connectivity index (χ0n) is 10.9. The lowest BCUT2D eigenvalue weighted by molar-refractivity contribution is 0.102. The van der Waals surface area contributed by atoms with Gasteiger partial charge in [-0.3, -0.25) is 15.1 Å². The molecule has 1 amide bonds. The lowest BCUT2D eigenvalue weighted by atomic mass is 9.93. The summed E-state index contributed by atoms with van der Waals surface area (Å²) in [6, 6.07) is 1.58. The number of thiazole rings is 1. The molecule has 2 heterocycles. The number of carbonyl (C=O) groups excluding carboxylic acids is 1. The summed E-state index contributed by atoms with van der Waals surface area (Å²) in [6.07, 6.45) is 2.97. The average molecular weight is 296 g/mol. The summed E-state index contributed by atoms with van der Waals surface area (Å²) in [7, 11) is 0. The van der Waals surface area contributed by atoms with Crippen molar-refractivity contribution in [3.05, 3.63) is 40.1 Å². The molecule has 6 heteroatoms. The largest absolute Gasteiger partial charge is 0.298 e. The van der Waals surface area contributed by atoms with Crippen molar-refractivity contribution < 1.29 is 4.79 Å². The van der Waals surface area contributed by atoms with E-state index in [0.717, 1.165) is 5.69 Å². The van der Waals surface area contributed by atoms with Crippen molar-refractivity contribution in [2.24, 2.45) is 0 Å². The number of hydrogen-bond donors (Lipinski definition) is 1. The number of anilines is 1. The number of rotatable bonds is 2. The lowest BCUT2D eigenvalue weighted by Crippen LogP contribution is -2.14. The highest BCUT2D eigenvalue weighted by Crippen LogP contribution is 2.27. The molecule has 0 radical (unpaired) electrons. The number of pyridine rings is 1. The van der Waals surface area contributed by atoms with Gasteiger partial charge in [-0.05, 0) is 6.07 Å². The second-order valence-corrected chi connectivity index (χ2v) is 6.36. The van der Waals surface area contributed by atoms with Crippen LogP contribution in [0.15, 0.2) is 23.8 Å². The summed E-state index contributed by atoms with van der Waals surface area (Å²) >= 11 is 7.33. The van der Waals surface area contributed by atoms with Crippen LogP contribution >= 0.6 is 22.9 Å². The van der Waals surface area contributed by atoms with E-state index >= 15 is 0 Å². The quantitative estimate of drug-likeness (QED) is 0.918. The van der Waals surface area contributed by atoms with E-state index in [4.69, 9.17) is 11.6 Å². The molecule has 1 N–H and O–H groups in total. The van der Waals surface area contributed by atoms with Crippen LogP contribution in [0.5, 0.6) is 0 Å². The van der Waals surface area contributed by atoms with Crippen LogP contribution in [0, 0.1) is 0 Å². The first-order valence-electron chi connectivity index (χ1n) is 5.75. The first kappa shape index (κ1) is 14.0. The monoisotopic (exact) mass is 295 g/mol. The summed E-state index contributed by atoms with van der Waals surface area (Å²) in [5.74, 6) is -0.276. The van der Waals surface area contributed by atoms with Crippen molar-refractivity contribution in [2.45, 2.75) is 26.2 Å². The maximum Gasteiger partial charge on any atom is 0.259 e. The SMILES string of the molecule is CC(C)(C)c1csc(NC(=O)c2ccncc2Cl)n1. The van der Waals surface area contributed by atoms with Crippen molar-refractivity contribution in [3.8, 4) is 0 Å². The average Bonchev–Trinajstić information content (AvgIpc) is 2.77. The number of amides is 1. The summed E-state index contributed by atoms with van der Waals surface area (Å²) in [5, 5.41) is 5.59. The van der Waals surface area contributed by atoms with Crippen LogP contribution in [-0.4, -0.2) is 15.9 Å². The minimum atomic E-state index is -0.276. The maximum atomic E-state index is 12.0. The first-order chi connectivity index (χ1) is 8.88. The van der Waals surface area contributed by atoms with Gasteiger partial charge in [-0.25, -0.2) is 4.98 Å². The molecule has 0 unspecified atom stereocenters. The van der Waals surface area contributed by atoms with Gasteiger partial charge < -0.3 is 0 Å². The van der Waals surface area contributed by atoms with Crippen molar-refractivity contribution in [2.75, 3.05) is 5.32 Å². The van der Waals surface area contributed by atoms with Crippen molar-refractivity contribution in [1.29, 1.82) is 0 Å². The van der Waals surface area contributed by atoms with E-state index in [-0.39, 0.29) is 11.3 Å². The number of hydrogen-bond acceptors (Lipinski definition) is 4. The molecule has 0 fully saturated rings. The molecule has 19 heavy (non-hydrogen) atoms. The predicted molar refractivity (Wildman–Crippen MR) is 78.0 cm³/mol. The minimum absolute atomic E-state index is 0.0339. The van der Waals surface area contributed by atoms with E-state index in [9.17, 15) is 4.79 Å². The standard InChI is InChI=1S/C13H14ClN3OS/c1-13(2,3)10-7-19-12(16-10)17-11(18)8-4-5-15-6-9(8)14/h4-7H,1-3H3,(H,16,17,18). The van der Waals surface area contributed by atoms with Crippen LogP contribution in [0.1, 0.15) is 36.8 Å². The minimum Gasteiger partial charge on any atom is -0.298 e. The highest BCUT2D eigenvalue weighted by molar-refractivity contribution is 7.14. The third-order valence-corrected chi connectivity index (χ3v) is 3.57. The Morgan fingerprint density at radius 1 is 1.42 bits per heavy atom. The number of halogens is 1. The number of aromatic nitrogens is 2. The van der Waals surface area contributed by atoms with E-state index in [1.165, 1.54) is 23.7 Å². The third kappa shape index (κ3) is 3.30. The van der Waals surface area contributed by atoms with Crippen molar-refractivity contribution >= 4 is 34.0 Å². The lowest BCUT2D eigenvalue weighted by Gasteiger charge is -2.14. The smallest absolute Gasteiger partial charge is 0.259 e. The normalized spacial score (nSPS) is 11.4. The molecule has 0 aliphatic rings. The van der Waals surface area contributed by atoms with E-state index in [1.807, 2.05) is 5.38 Å². The van der Waals surface area contributed by atoms with Gasteiger partial charge in [0, 0.05) is 23.2 Å². The van der Waals surface area contributed by atoms with Crippen LogP contribution in [0.2, 0.25) is 5.02 Å². The van der Waals surface area contributed by atoms with E-state index in [0.29, 0.717) is 15.7 Å². The molecule has 0 saturated carbocycles. The van der Waals surface area contributed by atoms with E-state index in [1.54, 1.807) is 6.07 Å². The highest BCUT2D eigenvalue weighted by Gasteiger charge is 2.18. The Hall–Kier alpha value is -1.46. The Balaban J connectivity index is 2.16. The van der Waals surface area contributed by atoms with Crippen LogP contribution in [-0.2, 0) is 5.41 Å². The third-order valence-electron chi connectivity index (χ3n) is 2.51.